The molecule has 3 atom stereocenters. The summed E-state index contributed by atoms with van der Waals surface area (Å²) in [6.45, 7) is 8.19. The minimum atomic E-state index is 0. The number of halogens is 1. The first-order valence-electron chi connectivity index (χ1n) is 7.12. The maximum absolute atomic E-state index is 12.4. The first-order chi connectivity index (χ1) is 8.08. The minimum Gasteiger partial charge on any atom is -0.342 e. The second-order valence-electron chi connectivity index (χ2n) is 5.51. The quantitative estimate of drug-likeness (QED) is 0.839. The molecule has 0 spiro atoms. The van der Waals surface area contributed by atoms with E-state index in [2.05, 4.69) is 20.8 Å². The maximum atomic E-state index is 12.4. The van der Waals surface area contributed by atoms with Gasteiger partial charge in [0.2, 0.25) is 5.91 Å². The molecule has 1 rings (SSSR count). The molecule has 0 aliphatic heterocycles. The summed E-state index contributed by atoms with van der Waals surface area (Å²) in [7, 11) is 0. The van der Waals surface area contributed by atoms with Crippen molar-refractivity contribution in [3.63, 3.8) is 0 Å². The van der Waals surface area contributed by atoms with Gasteiger partial charge in [-0.15, -0.1) is 12.4 Å². The summed E-state index contributed by atoms with van der Waals surface area (Å²) in [5.41, 5.74) is 5.96. The van der Waals surface area contributed by atoms with Gasteiger partial charge in [0.1, 0.15) is 0 Å². The van der Waals surface area contributed by atoms with Crippen LogP contribution < -0.4 is 5.73 Å². The van der Waals surface area contributed by atoms with Crippen LogP contribution in [0.25, 0.3) is 0 Å². The standard InChI is InChI=1S/C14H28N2O.ClH/c1-4-11(3)10-16(5-2)14(17)12-7-6-8-13(15)9-12;/h11-13H,4-10,15H2,1-3H3;1H. The lowest BCUT2D eigenvalue weighted by Crippen LogP contribution is -2.42. The van der Waals surface area contributed by atoms with Gasteiger partial charge < -0.3 is 10.6 Å². The highest BCUT2D eigenvalue weighted by Crippen LogP contribution is 2.25. The molecule has 1 amide bonds. The van der Waals surface area contributed by atoms with E-state index in [9.17, 15) is 4.79 Å². The third-order valence-electron chi connectivity index (χ3n) is 3.99. The number of rotatable bonds is 5. The van der Waals surface area contributed by atoms with E-state index in [-0.39, 0.29) is 24.4 Å². The van der Waals surface area contributed by atoms with Gasteiger partial charge >= 0.3 is 0 Å². The number of nitrogens with zero attached hydrogens (tertiary/aromatic N) is 1. The Hall–Kier alpha value is -0.280. The summed E-state index contributed by atoms with van der Waals surface area (Å²) >= 11 is 0. The van der Waals surface area contributed by atoms with Crippen molar-refractivity contribution in [1.82, 2.24) is 4.90 Å². The van der Waals surface area contributed by atoms with Crippen LogP contribution in [0.5, 0.6) is 0 Å². The average Bonchev–Trinajstić information content (AvgIpc) is 2.34. The van der Waals surface area contributed by atoms with E-state index in [4.69, 9.17) is 5.73 Å². The van der Waals surface area contributed by atoms with Crippen molar-refractivity contribution in [2.75, 3.05) is 13.1 Å². The van der Waals surface area contributed by atoms with E-state index in [0.29, 0.717) is 11.8 Å². The largest absolute Gasteiger partial charge is 0.342 e. The highest BCUT2D eigenvalue weighted by atomic mass is 35.5. The number of nitrogens with two attached hydrogens (primary N) is 1. The number of carbonyl (C=O) groups is 1. The summed E-state index contributed by atoms with van der Waals surface area (Å²) in [4.78, 5) is 14.4. The smallest absolute Gasteiger partial charge is 0.225 e. The Bertz CT molecular complexity index is 248. The van der Waals surface area contributed by atoms with Gasteiger partial charge in [-0.1, -0.05) is 26.7 Å². The molecule has 0 aromatic heterocycles. The third-order valence-corrected chi connectivity index (χ3v) is 3.99. The Labute approximate surface area is 118 Å². The van der Waals surface area contributed by atoms with Crippen LogP contribution in [0, 0.1) is 11.8 Å². The van der Waals surface area contributed by atoms with Gasteiger partial charge in [-0.05, 0) is 32.1 Å². The molecular weight excluding hydrogens is 248 g/mol. The molecule has 1 aliphatic rings. The molecule has 0 saturated heterocycles. The van der Waals surface area contributed by atoms with Crippen molar-refractivity contribution < 1.29 is 4.79 Å². The molecule has 3 unspecified atom stereocenters. The zero-order chi connectivity index (χ0) is 12.8. The Balaban J connectivity index is 0.00000289. The molecule has 0 heterocycles. The van der Waals surface area contributed by atoms with Crippen molar-refractivity contribution in [2.24, 2.45) is 17.6 Å². The van der Waals surface area contributed by atoms with Gasteiger partial charge in [0.25, 0.3) is 0 Å². The minimum absolute atomic E-state index is 0. The van der Waals surface area contributed by atoms with Crippen molar-refractivity contribution in [2.45, 2.75) is 58.9 Å². The predicted octanol–water partition coefficient (Wildman–Crippen LogP) is 2.82. The summed E-state index contributed by atoms with van der Waals surface area (Å²) in [6, 6.07) is 0.236. The maximum Gasteiger partial charge on any atom is 0.225 e. The first kappa shape index (κ1) is 17.7. The van der Waals surface area contributed by atoms with E-state index in [1.165, 1.54) is 0 Å². The molecule has 0 aromatic carbocycles. The fourth-order valence-corrected chi connectivity index (χ4v) is 2.59. The van der Waals surface area contributed by atoms with E-state index < -0.39 is 0 Å². The molecule has 1 saturated carbocycles. The first-order valence-corrected chi connectivity index (χ1v) is 7.12. The molecule has 0 radical (unpaired) electrons. The highest BCUT2D eigenvalue weighted by molar-refractivity contribution is 5.85. The second-order valence-corrected chi connectivity index (χ2v) is 5.51. The SMILES string of the molecule is CCC(C)CN(CC)C(=O)C1CCCC(N)C1.Cl. The molecule has 3 nitrogen and oxygen atoms in total. The molecule has 2 N–H and O–H groups in total. The van der Waals surface area contributed by atoms with Gasteiger partial charge in [0.15, 0.2) is 0 Å². The zero-order valence-corrected chi connectivity index (χ0v) is 12.8. The van der Waals surface area contributed by atoms with Crippen LogP contribution in [0.1, 0.15) is 52.9 Å². The van der Waals surface area contributed by atoms with Crippen molar-refractivity contribution >= 4 is 18.3 Å². The summed E-state index contributed by atoms with van der Waals surface area (Å²) < 4.78 is 0. The van der Waals surface area contributed by atoms with E-state index >= 15 is 0 Å². The zero-order valence-electron chi connectivity index (χ0n) is 12.0. The third kappa shape index (κ3) is 5.15. The Kier molecular flexibility index (Phi) is 8.62. The van der Waals surface area contributed by atoms with Gasteiger partial charge in [-0.2, -0.15) is 0 Å². The summed E-state index contributed by atoms with van der Waals surface area (Å²) in [6.07, 6.45) is 5.24. The molecule has 1 aliphatic carbocycles. The number of hydrogen-bond donors (Lipinski definition) is 1. The van der Waals surface area contributed by atoms with E-state index in [1.54, 1.807) is 0 Å². The second kappa shape index (κ2) is 8.76. The Morgan fingerprint density at radius 3 is 2.56 bits per heavy atom. The summed E-state index contributed by atoms with van der Waals surface area (Å²) in [5, 5.41) is 0. The van der Waals surface area contributed by atoms with Crippen LogP contribution in [0.2, 0.25) is 0 Å². The molecule has 108 valence electrons. The van der Waals surface area contributed by atoms with Gasteiger partial charge in [-0.25, -0.2) is 0 Å². The fraction of sp³-hybridized carbons (Fsp3) is 0.929. The fourth-order valence-electron chi connectivity index (χ4n) is 2.59. The van der Waals surface area contributed by atoms with Crippen LogP contribution in [0.4, 0.5) is 0 Å². The van der Waals surface area contributed by atoms with Crippen LogP contribution in [0.15, 0.2) is 0 Å². The van der Waals surface area contributed by atoms with Gasteiger partial charge in [-0.3, -0.25) is 4.79 Å². The van der Waals surface area contributed by atoms with Crippen molar-refractivity contribution in [3.8, 4) is 0 Å². The number of hydrogen-bond acceptors (Lipinski definition) is 2. The molecular formula is C14H29ClN2O. The topological polar surface area (TPSA) is 46.3 Å². The van der Waals surface area contributed by atoms with Gasteiger partial charge in [0, 0.05) is 25.0 Å². The van der Waals surface area contributed by atoms with Crippen LogP contribution in [-0.4, -0.2) is 29.9 Å². The molecule has 0 bridgehead atoms. The lowest BCUT2D eigenvalue weighted by atomic mass is 9.85. The van der Waals surface area contributed by atoms with Crippen molar-refractivity contribution in [1.29, 1.82) is 0 Å². The number of amides is 1. The monoisotopic (exact) mass is 276 g/mol. The van der Waals surface area contributed by atoms with Crippen LogP contribution >= 0.6 is 12.4 Å². The molecule has 4 heteroatoms. The average molecular weight is 277 g/mol. The summed E-state index contributed by atoms with van der Waals surface area (Å²) in [5.74, 6) is 1.11. The van der Waals surface area contributed by atoms with Crippen LogP contribution in [0.3, 0.4) is 0 Å². The normalized spacial score (nSPS) is 25.1. The molecule has 18 heavy (non-hydrogen) atoms. The molecule has 1 fully saturated rings. The highest BCUT2D eigenvalue weighted by Gasteiger charge is 2.28. The lowest BCUT2D eigenvalue weighted by molar-refractivity contribution is -0.137. The van der Waals surface area contributed by atoms with E-state index in [0.717, 1.165) is 45.2 Å². The molecule has 0 aromatic rings. The Morgan fingerprint density at radius 1 is 1.39 bits per heavy atom. The predicted molar refractivity (Wildman–Crippen MR) is 78.9 cm³/mol. The Morgan fingerprint density at radius 2 is 2.06 bits per heavy atom. The van der Waals surface area contributed by atoms with Crippen molar-refractivity contribution in [3.05, 3.63) is 0 Å². The van der Waals surface area contributed by atoms with Gasteiger partial charge in [0.05, 0.1) is 0 Å². The van der Waals surface area contributed by atoms with Crippen LogP contribution in [-0.2, 0) is 4.79 Å². The lowest BCUT2D eigenvalue weighted by Gasteiger charge is -2.32. The van der Waals surface area contributed by atoms with E-state index in [1.807, 2.05) is 4.90 Å². The number of carbonyl (C=O) groups excluding carboxylic acids is 1.